The highest BCUT2D eigenvalue weighted by molar-refractivity contribution is 7.80. The summed E-state index contributed by atoms with van der Waals surface area (Å²) in [5, 5.41) is 18.1. The fourth-order valence-electron chi connectivity index (χ4n) is 5.94. The molecule has 7 atom stereocenters. The Morgan fingerprint density at radius 1 is 0.731 bits per heavy atom. The number of benzene rings is 1. The van der Waals surface area contributed by atoms with Crippen LogP contribution in [0.15, 0.2) is 30.3 Å². The average Bonchev–Trinajstić information content (AvgIpc) is 3.62. The van der Waals surface area contributed by atoms with Crippen LogP contribution in [0, 0.1) is 11.8 Å². The number of hydrogen-bond acceptors (Lipinski definition) is 9. The maximum absolute atomic E-state index is 14.0. The summed E-state index contributed by atoms with van der Waals surface area (Å²) in [5.74, 6) is -6.04. The van der Waals surface area contributed by atoms with Gasteiger partial charge in [-0.1, -0.05) is 64.4 Å². The number of carbonyl (C=O) groups is 8. The number of nitrogens with one attached hydrogen (secondary N) is 7. The smallest absolute Gasteiger partial charge is 0.246 e. The molecule has 0 saturated carbocycles. The van der Waals surface area contributed by atoms with Crippen LogP contribution in [0.2, 0.25) is 0 Å². The number of hydrogen-bond donors (Lipinski definition) is 8. The molecule has 0 spiro atoms. The second-order valence-corrected chi connectivity index (χ2v) is 13.9. The standard InChI is InChI=1S/C35H52N8O8S/c1-6-20(4)29-34(50)40-24(18-52)31(47)38-21(5)30(46)36-16-26(44)39-23(15-22-11-8-7-9-12-22)35(51)43-14-10-13-25(43)32(48)42-28(19(2)3)33(49)37-17-27(45)41-29/h7-9,11-12,19-21,23-25,28-29,52H,6,10,13-18H2,1-5H3,(H,36,46)(H,37,49)(H,38,47)(H,39,44)(H,40,50)(H,41,45)(H,42,48). The van der Waals surface area contributed by atoms with Gasteiger partial charge in [-0.2, -0.15) is 12.6 Å². The highest BCUT2D eigenvalue weighted by Crippen LogP contribution is 2.21. The monoisotopic (exact) mass is 744 g/mol. The molecule has 2 heterocycles. The van der Waals surface area contributed by atoms with Crippen LogP contribution in [0.5, 0.6) is 0 Å². The van der Waals surface area contributed by atoms with E-state index in [0.717, 1.165) is 5.56 Å². The van der Waals surface area contributed by atoms with Gasteiger partial charge in [-0.25, -0.2) is 0 Å². The van der Waals surface area contributed by atoms with Crippen LogP contribution in [-0.2, 0) is 44.8 Å². The van der Waals surface area contributed by atoms with Crippen LogP contribution in [0.1, 0.15) is 59.4 Å². The second-order valence-electron chi connectivity index (χ2n) is 13.6. The Hall–Kier alpha value is -4.67. The fourth-order valence-corrected chi connectivity index (χ4v) is 6.20. The Morgan fingerprint density at radius 3 is 1.98 bits per heavy atom. The van der Waals surface area contributed by atoms with Crippen LogP contribution in [0.4, 0.5) is 0 Å². The third-order valence-corrected chi connectivity index (χ3v) is 9.59. The molecule has 1 aromatic rings. The zero-order chi connectivity index (χ0) is 38.5. The van der Waals surface area contributed by atoms with Crippen molar-refractivity contribution >= 4 is 59.9 Å². The van der Waals surface area contributed by atoms with Gasteiger partial charge in [0.1, 0.15) is 36.3 Å². The van der Waals surface area contributed by atoms with E-state index in [-0.39, 0.29) is 24.6 Å². The van der Waals surface area contributed by atoms with Crippen molar-refractivity contribution in [3.8, 4) is 0 Å². The van der Waals surface area contributed by atoms with Gasteiger partial charge in [0.15, 0.2) is 0 Å². The Kier molecular flexibility index (Phi) is 15.9. The van der Waals surface area contributed by atoms with Crippen molar-refractivity contribution < 1.29 is 38.4 Å². The van der Waals surface area contributed by atoms with E-state index < -0.39 is 103 Å². The Morgan fingerprint density at radius 2 is 1.37 bits per heavy atom. The molecular weight excluding hydrogens is 693 g/mol. The van der Waals surface area contributed by atoms with E-state index >= 15 is 0 Å². The number of thiol groups is 1. The normalized spacial score (nSPS) is 27.2. The lowest BCUT2D eigenvalue weighted by atomic mass is 9.98. The highest BCUT2D eigenvalue weighted by Gasteiger charge is 2.39. The van der Waals surface area contributed by atoms with Gasteiger partial charge in [0.2, 0.25) is 47.3 Å². The molecular formula is C35H52N8O8S. The molecule has 52 heavy (non-hydrogen) atoms. The average molecular weight is 745 g/mol. The van der Waals surface area contributed by atoms with Gasteiger partial charge >= 0.3 is 0 Å². The van der Waals surface area contributed by atoms with Crippen LogP contribution in [-0.4, -0.2) is 114 Å². The largest absolute Gasteiger partial charge is 0.345 e. The summed E-state index contributed by atoms with van der Waals surface area (Å²) in [7, 11) is 0. The van der Waals surface area contributed by atoms with Gasteiger partial charge in [-0.15, -0.1) is 0 Å². The van der Waals surface area contributed by atoms with E-state index in [9.17, 15) is 38.4 Å². The summed E-state index contributed by atoms with van der Waals surface area (Å²) < 4.78 is 0. The third-order valence-electron chi connectivity index (χ3n) is 9.23. The SMILES string of the molecule is CCC(C)C1NC(=O)CNC(=O)C(C(C)C)NC(=O)C2CCCN2C(=O)C(Cc2ccccc2)NC(=O)CNC(=O)C(C)NC(=O)C(CS)NC1=O. The van der Waals surface area contributed by atoms with Crippen molar-refractivity contribution in [2.45, 2.75) is 96.6 Å². The van der Waals surface area contributed by atoms with Gasteiger partial charge < -0.3 is 42.1 Å². The third kappa shape index (κ3) is 11.7. The quantitative estimate of drug-likeness (QED) is 0.161. The Balaban J connectivity index is 1.93. The van der Waals surface area contributed by atoms with Gasteiger partial charge in [-0.3, -0.25) is 38.4 Å². The van der Waals surface area contributed by atoms with Crippen molar-refractivity contribution in [1.82, 2.24) is 42.1 Å². The van der Waals surface area contributed by atoms with Crippen LogP contribution < -0.4 is 37.2 Å². The maximum Gasteiger partial charge on any atom is 0.246 e. The summed E-state index contributed by atoms with van der Waals surface area (Å²) in [6.45, 7) is 7.61. The van der Waals surface area contributed by atoms with Gasteiger partial charge in [-0.05, 0) is 37.2 Å². The minimum atomic E-state index is -1.18. The van der Waals surface area contributed by atoms with Gasteiger partial charge in [0, 0.05) is 18.7 Å². The number of amides is 8. The molecule has 0 radical (unpaired) electrons. The van der Waals surface area contributed by atoms with Crippen LogP contribution >= 0.6 is 12.6 Å². The number of carbonyl (C=O) groups excluding carboxylic acids is 8. The van der Waals surface area contributed by atoms with Crippen molar-refractivity contribution in [2.24, 2.45) is 11.8 Å². The molecule has 2 aliphatic heterocycles. The van der Waals surface area contributed by atoms with Crippen molar-refractivity contribution in [1.29, 1.82) is 0 Å². The van der Waals surface area contributed by atoms with Crippen molar-refractivity contribution in [3.63, 3.8) is 0 Å². The molecule has 7 N–H and O–H groups in total. The maximum atomic E-state index is 14.0. The van der Waals surface area contributed by atoms with Crippen LogP contribution in [0.25, 0.3) is 0 Å². The van der Waals surface area contributed by atoms with E-state index in [1.54, 1.807) is 45.0 Å². The second kappa shape index (κ2) is 19.8. The summed E-state index contributed by atoms with van der Waals surface area (Å²) in [6.07, 6.45) is 1.42. The lowest BCUT2D eigenvalue weighted by Gasteiger charge is -2.31. The first-order chi connectivity index (χ1) is 24.7. The molecule has 2 saturated heterocycles. The molecule has 3 rings (SSSR count). The molecule has 286 valence electrons. The minimum absolute atomic E-state index is 0.102. The molecule has 2 fully saturated rings. The lowest BCUT2D eigenvalue weighted by Crippen LogP contribution is -2.60. The van der Waals surface area contributed by atoms with Crippen molar-refractivity contribution in [3.05, 3.63) is 35.9 Å². The number of nitrogens with zero attached hydrogens (tertiary/aromatic N) is 1. The molecule has 1 aromatic carbocycles. The predicted octanol–water partition coefficient (Wildman–Crippen LogP) is -1.46. The predicted molar refractivity (Wildman–Crippen MR) is 194 cm³/mol. The Labute approximate surface area is 309 Å². The number of rotatable bonds is 6. The highest BCUT2D eigenvalue weighted by atomic mass is 32.1. The summed E-state index contributed by atoms with van der Waals surface area (Å²) in [4.78, 5) is 108. The fraction of sp³-hybridized carbons (Fsp3) is 0.600. The molecule has 8 amide bonds. The summed E-state index contributed by atoms with van der Waals surface area (Å²) in [6, 6.07) is 2.52. The first kappa shape index (κ1) is 41.7. The van der Waals surface area contributed by atoms with Gasteiger partial charge in [0.25, 0.3) is 0 Å². The zero-order valence-electron chi connectivity index (χ0n) is 30.3. The summed E-state index contributed by atoms with van der Waals surface area (Å²) >= 11 is 4.19. The first-order valence-corrected chi connectivity index (χ1v) is 18.3. The molecule has 17 heteroatoms. The molecule has 0 aliphatic carbocycles. The van der Waals surface area contributed by atoms with E-state index in [2.05, 4.69) is 49.8 Å². The molecule has 16 nitrogen and oxygen atoms in total. The molecule has 7 unspecified atom stereocenters. The van der Waals surface area contributed by atoms with Gasteiger partial charge in [0.05, 0.1) is 13.1 Å². The molecule has 0 aromatic heterocycles. The zero-order valence-corrected chi connectivity index (χ0v) is 31.2. The number of fused-ring (bicyclic) bond motifs is 1. The summed E-state index contributed by atoms with van der Waals surface area (Å²) in [5.41, 5.74) is 0.747. The molecule has 2 aliphatic rings. The van der Waals surface area contributed by atoms with E-state index in [0.29, 0.717) is 19.3 Å². The first-order valence-electron chi connectivity index (χ1n) is 17.7. The van der Waals surface area contributed by atoms with E-state index in [1.807, 2.05) is 13.0 Å². The van der Waals surface area contributed by atoms with E-state index in [1.165, 1.54) is 11.8 Å². The topological polar surface area (TPSA) is 224 Å². The van der Waals surface area contributed by atoms with Crippen molar-refractivity contribution in [2.75, 3.05) is 25.4 Å². The minimum Gasteiger partial charge on any atom is -0.345 e. The Bertz CT molecular complexity index is 1480. The molecule has 0 bridgehead atoms. The lowest BCUT2D eigenvalue weighted by molar-refractivity contribution is -0.142. The van der Waals surface area contributed by atoms with E-state index in [4.69, 9.17) is 0 Å². The van der Waals surface area contributed by atoms with Crippen LogP contribution in [0.3, 0.4) is 0 Å².